The van der Waals surface area contributed by atoms with Crippen molar-refractivity contribution in [1.29, 1.82) is 0 Å². The highest BCUT2D eigenvalue weighted by molar-refractivity contribution is 5.88. The van der Waals surface area contributed by atoms with E-state index in [1.165, 1.54) is 13.2 Å². The molecule has 24 heavy (non-hydrogen) atoms. The topological polar surface area (TPSA) is 97.5 Å². The van der Waals surface area contributed by atoms with Crippen molar-refractivity contribution in [2.24, 2.45) is 0 Å². The van der Waals surface area contributed by atoms with E-state index in [-0.39, 0.29) is 12.2 Å². The van der Waals surface area contributed by atoms with E-state index in [1.54, 1.807) is 12.1 Å². The fraction of sp³-hybridized carbons (Fsp3) is 0.235. The van der Waals surface area contributed by atoms with Crippen LogP contribution in [0.4, 0.5) is 0 Å². The maximum atomic E-state index is 11.0. The third-order valence-electron chi connectivity index (χ3n) is 3.80. The molecule has 0 saturated heterocycles. The zero-order chi connectivity index (χ0) is 17.1. The number of carboxylic acid groups (broad SMARTS) is 1. The van der Waals surface area contributed by atoms with E-state index in [2.05, 4.69) is 9.97 Å². The highest BCUT2D eigenvalue weighted by atomic mass is 16.5. The monoisotopic (exact) mass is 327 g/mol. The van der Waals surface area contributed by atoms with Crippen molar-refractivity contribution in [1.82, 2.24) is 14.5 Å². The van der Waals surface area contributed by atoms with Gasteiger partial charge in [-0.1, -0.05) is 6.07 Å². The lowest BCUT2D eigenvalue weighted by atomic mass is 10.1. The van der Waals surface area contributed by atoms with Crippen LogP contribution in [0.25, 0.3) is 11.5 Å². The van der Waals surface area contributed by atoms with E-state index >= 15 is 0 Å². The van der Waals surface area contributed by atoms with E-state index in [0.717, 1.165) is 11.3 Å². The first-order valence-electron chi connectivity index (χ1n) is 7.45. The maximum absolute atomic E-state index is 11.0. The molecule has 0 fully saturated rings. The zero-order valence-electron chi connectivity index (χ0n) is 13.1. The Hall–Kier alpha value is -2.93. The van der Waals surface area contributed by atoms with Crippen LogP contribution in [0.15, 0.2) is 36.5 Å². The average Bonchev–Trinajstić information content (AvgIpc) is 3.03. The molecule has 1 aromatic rings. The van der Waals surface area contributed by atoms with Gasteiger partial charge in [0, 0.05) is 12.7 Å². The van der Waals surface area contributed by atoms with E-state index < -0.39 is 5.97 Å². The van der Waals surface area contributed by atoms with Crippen LogP contribution >= 0.6 is 0 Å². The smallest absolute Gasteiger partial charge is 0.335 e. The number of rotatable bonds is 6. The van der Waals surface area contributed by atoms with Gasteiger partial charge < -0.3 is 19.5 Å². The number of pyridine rings is 1. The van der Waals surface area contributed by atoms with Crippen LogP contribution in [0.5, 0.6) is 5.75 Å². The predicted molar refractivity (Wildman–Crippen MR) is 86.2 cm³/mol. The van der Waals surface area contributed by atoms with Crippen LogP contribution in [0, 0.1) is 0 Å². The number of carboxylic acids is 1. The van der Waals surface area contributed by atoms with Gasteiger partial charge in [-0.15, -0.1) is 0 Å². The van der Waals surface area contributed by atoms with Crippen molar-refractivity contribution in [3.63, 3.8) is 0 Å². The van der Waals surface area contributed by atoms with Gasteiger partial charge in [0.05, 0.1) is 12.7 Å². The Kier molecular flexibility index (Phi) is 4.43. The summed E-state index contributed by atoms with van der Waals surface area (Å²) in [4.78, 5) is 19.6. The summed E-state index contributed by atoms with van der Waals surface area (Å²) in [6.07, 6.45) is 2.55. The van der Waals surface area contributed by atoms with Crippen LogP contribution < -0.4 is 4.74 Å². The molecule has 2 aliphatic heterocycles. The van der Waals surface area contributed by atoms with E-state index in [0.29, 0.717) is 30.4 Å². The number of aliphatic hydroxyl groups excluding tert-OH is 1. The molecule has 2 heterocycles. The standard InChI is InChI=1S/C17H17N3O4/c1-24-14-9-12(17(22)23)5-4-11(14)6-8-20-7-2-3-13-16(20)19-15(10-21)18-13/h2-5,7,9,21H,6,8,10H2,1H3,(H,22,23). The van der Waals surface area contributed by atoms with Crippen molar-refractivity contribution in [2.75, 3.05) is 7.11 Å². The van der Waals surface area contributed by atoms with Crippen molar-refractivity contribution in [3.05, 3.63) is 53.5 Å². The molecule has 0 spiro atoms. The third kappa shape index (κ3) is 3.07. The molecule has 3 rings (SSSR count). The summed E-state index contributed by atoms with van der Waals surface area (Å²) in [5.74, 6) is 0.672. The molecule has 1 aromatic carbocycles. The molecule has 0 amide bonds. The number of aryl methyl sites for hydroxylation is 2. The number of hydrogen-bond donors (Lipinski definition) is 2. The van der Waals surface area contributed by atoms with Crippen molar-refractivity contribution >= 4 is 5.97 Å². The molecule has 2 aliphatic rings. The van der Waals surface area contributed by atoms with Gasteiger partial charge in [-0.05, 0) is 36.2 Å². The Morgan fingerprint density at radius 2 is 2.12 bits per heavy atom. The second-order valence-electron chi connectivity index (χ2n) is 5.29. The van der Waals surface area contributed by atoms with Gasteiger partial charge in [-0.25, -0.2) is 14.8 Å². The molecular weight excluding hydrogens is 310 g/mol. The first-order valence-corrected chi connectivity index (χ1v) is 7.45. The number of aromatic nitrogens is 3. The number of methoxy groups -OCH3 is 1. The average molecular weight is 327 g/mol. The Bertz CT molecular complexity index is 844. The Labute approximate surface area is 138 Å². The van der Waals surface area contributed by atoms with Gasteiger partial charge in [0.15, 0.2) is 11.6 Å². The van der Waals surface area contributed by atoms with Crippen molar-refractivity contribution in [2.45, 2.75) is 19.6 Å². The number of benzene rings is 1. The minimum absolute atomic E-state index is 0.194. The molecule has 0 aliphatic carbocycles. The summed E-state index contributed by atoms with van der Waals surface area (Å²) in [5.41, 5.74) is 1.84. The van der Waals surface area contributed by atoms with Crippen molar-refractivity contribution in [3.8, 4) is 17.3 Å². The molecule has 0 atom stereocenters. The second kappa shape index (κ2) is 6.67. The molecule has 0 bridgehead atoms. The lowest BCUT2D eigenvalue weighted by molar-refractivity contribution is 0.0696. The van der Waals surface area contributed by atoms with Gasteiger partial charge in [0.25, 0.3) is 0 Å². The Balaban J connectivity index is 1.84. The number of carbonyl (C=O) groups is 1. The summed E-state index contributed by atoms with van der Waals surface area (Å²) >= 11 is 0. The highest BCUT2D eigenvalue weighted by Crippen LogP contribution is 2.23. The fourth-order valence-electron chi connectivity index (χ4n) is 2.60. The Morgan fingerprint density at radius 1 is 1.29 bits per heavy atom. The predicted octanol–water partition coefficient (Wildman–Crippen LogP) is 1.82. The third-order valence-corrected chi connectivity index (χ3v) is 3.80. The molecule has 124 valence electrons. The van der Waals surface area contributed by atoms with Crippen LogP contribution in [0.1, 0.15) is 21.7 Å². The summed E-state index contributed by atoms with van der Waals surface area (Å²) in [6, 6.07) is 8.58. The zero-order valence-corrected chi connectivity index (χ0v) is 13.1. The second-order valence-corrected chi connectivity index (χ2v) is 5.29. The molecule has 7 nitrogen and oxygen atoms in total. The number of imidazole rings is 1. The molecule has 0 unspecified atom stereocenters. The molecule has 0 aromatic heterocycles. The lowest BCUT2D eigenvalue weighted by Crippen LogP contribution is -2.07. The van der Waals surface area contributed by atoms with Gasteiger partial charge >= 0.3 is 5.97 Å². The summed E-state index contributed by atoms with van der Waals surface area (Å²) in [7, 11) is 1.52. The first kappa shape index (κ1) is 15.9. The largest absolute Gasteiger partial charge is 0.496 e. The normalized spacial score (nSPS) is 10.9. The molecular formula is C17H17N3O4. The summed E-state index contributed by atoms with van der Waals surface area (Å²) in [5, 5.41) is 18.2. The van der Waals surface area contributed by atoms with E-state index in [9.17, 15) is 9.90 Å². The van der Waals surface area contributed by atoms with Crippen LogP contribution in [-0.4, -0.2) is 37.8 Å². The Morgan fingerprint density at radius 3 is 2.83 bits per heavy atom. The van der Waals surface area contributed by atoms with Gasteiger partial charge in [-0.3, -0.25) is 0 Å². The summed E-state index contributed by atoms with van der Waals surface area (Å²) < 4.78 is 7.25. The van der Waals surface area contributed by atoms with E-state index in [1.807, 2.05) is 22.9 Å². The molecule has 0 radical (unpaired) electrons. The quantitative estimate of drug-likeness (QED) is 0.717. The minimum Gasteiger partial charge on any atom is -0.496 e. The molecule has 7 heteroatoms. The van der Waals surface area contributed by atoms with Gasteiger partial charge in [0.1, 0.15) is 18.1 Å². The number of aliphatic hydroxyl groups is 1. The van der Waals surface area contributed by atoms with E-state index in [4.69, 9.17) is 9.84 Å². The number of ether oxygens (including phenoxy) is 1. The molecule has 0 saturated carbocycles. The van der Waals surface area contributed by atoms with Gasteiger partial charge in [-0.2, -0.15) is 0 Å². The first-order chi connectivity index (χ1) is 11.6. The van der Waals surface area contributed by atoms with Crippen LogP contribution in [0.3, 0.4) is 0 Å². The lowest BCUT2D eigenvalue weighted by Gasteiger charge is -2.13. The van der Waals surface area contributed by atoms with Gasteiger partial charge in [0.2, 0.25) is 0 Å². The number of fused-ring (bicyclic) bond motifs is 1. The van der Waals surface area contributed by atoms with Crippen molar-refractivity contribution < 1.29 is 19.7 Å². The number of hydrogen-bond acceptors (Lipinski definition) is 5. The summed E-state index contributed by atoms with van der Waals surface area (Å²) in [6.45, 7) is 0.433. The molecule has 2 N–H and O–H groups in total. The number of aromatic carboxylic acids is 1. The van der Waals surface area contributed by atoms with Crippen LogP contribution in [-0.2, 0) is 19.6 Å². The highest BCUT2D eigenvalue weighted by Gasteiger charge is 2.14. The maximum Gasteiger partial charge on any atom is 0.335 e. The van der Waals surface area contributed by atoms with Crippen LogP contribution in [0.2, 0.25) is 0 Å². The fourth-order valence-corrected chi connectivity index (χ4v) is 2.60. The minimum atomic E-state index is -0.984. The number of nitrogens with zero attached hydrogens (tertiary/aromatic N) is 3. The SMILES string of the molecule is COc1cc(C(=O)O)ccc1CCn1cccc2nc(CO)nc1-2.